The molecule has 0 unspecified atom stereocenters. The number of hydrogen-bond donors (Lipinski definition) is 0. The first kappa shape index (κ1) is 19.0. The minimum absolute atomic E-state index is 0.00509. The average Bonchev–Trinajstić information content (AvgIpc) is 2.73. The van der Waals surface area contributed by atoms with Gasteiger partial charge in [-0.1, -0.05) is 17.7 Å². The lowest BCUT2D eigenvalue weighted by Gasteiger charge is -2.36. The zero-order valence-electron chi connectivity index (χ0n) is 16.3. The van der Waals surface area contributed by atoms with Gasteiger partial charge in [0, 0.05) is 55.7 Å². The van der Waals surface area contributed by atoms with E-state index in [-0.39, 0.29) is 5.91 Å². The first-order valence-corrected chi connectivity index (χ1v) is 10.4. The van der Waals surface area contributed by atoms with Crippen molar-refractivity contribution in [3.8, 4) is 0 Å². The van der Waals surface area contributed by atoms with Crippen LogP contribution in [0.1, 0.15) is 35.4 Å². The second kappa shape index (κ2) is 8.35. The number of hydrogen-bond acceptors (Lipinski definition) is 5. The fourth-order valence-electron chi connectivity index (χ4n) is 3.90. The number of carbonyl (C=O) groups is 1. The van der Waals surface area contributed by atoms with Crippen LogP contribution in [-0.4, -0.2) is 60.0 Å². The van der Waals surface area contributed by atoms with Gasteiger partial charge in [0.25, 0.3) is 5.91 Å². The van der Waals surface area contributed by atoms with E-state index in [0.717, 1.165) is 55.4 Å². The maximum Gasteiger partial charge on any atom is 0.272 e. The van der Waals surface area contributed by atoms with Crippen LogP contribution in [0.5, 0.6) is 0 Å². The Morgan fingerprint density at radius 1 is 0.929 bits per heavy atom. The summed E-state index contributed by atoms with van der Waals surface area (Å²) in [5.74, 6) is 0.690. The molecule has 0 spiro atoms. The van der Waals surface area contributed by atoms with E-state index in [9.17, 15) is 4.79 Å². The largest absolute Gasteiger partial charge is 0.368 e. The molecule has 2 aliphatic rings. The van der Waals surface area contributed by atoms with E-state index in [1.165, 1.54) is 6.42 Å². The molecule has 2 aliphatic heterocycles. The maximum absolute atomic E-state index is 13.1. The van der Waals surface area contributed by atoms with Gasteiger partial charge >= 0.3 is 0 Å². The Morgan fingerprint density at radius 3 is 2.39 bits per heavy atom. The van der Waals surface area contributed by atoms with Crippen LogP contribution in [0.4, 0.5) is 11.6 Å². The van der Waals surface area contributed by atoms with Crippen LogP contribution in [0.3, 0.4) is 0 Å². The number of aromatic nitrogens is 2. The Morgan fingerprint density at radius 2 is 1.68 bits per heavy atom. The van der Waals surface area contributed by atoms with Crippen LogP contribution < -0.4 is 9.80 Å². The second-order valence-electron chi connectivity index (χ2n) is 7.50. The summed E-state index contributed by atoms with van der Waals surface area (Å²) < 4.78 is 0. The predicted octanol–water partition coefficient (Wildman–Crippen LogP) is 3.39. The van der Waals surface area contributed by atoms with E-state index in [1.807, 2.05) is 30.0 Å². The van der Waals surface area contributed by atoms with Crippen LogP contribution >= 0.6 is 11.6 Å². The van der Waals surface area contributed by atoms with Gasteiger partial charge in [-0.3, -0.25) is 4.79 Å². The van der Waals surface area contributed by atoms with E-state index in [0.29, 0.717) is 24.7 Å². The molecule has 148 valence electrons. The highest BCUT2D eigenvalue weighted by atomic mass is 35.5. The van der Waals surface area contributed by atoms with Crippen molar-refractivity contribution in [2.45, 2.75) is 26.2 Å². The molecule has 0 atom stereocenters. The van der Waals surface area contributed by atoms with E-state index in [4.69, 9.17) is 11.6 Å². The topological polar surface area (TPSA) is 52.6 Å². The van der Waals surface area contributed by atoms with Crippen molar-refractivity contribution >= 4 is 29.1 Å². The lowest BCUT2D eigenvalue weighted by molar-refractivity contribution is 0.0740. The quantitative estimate of drug-likeness (QED) is 0.791. The zero-order chi connectivity index (χ0) is 19.5. The highest BCUT2D eigenvalue weighted by molar-refractivity contribution is 6.30. The molecule has 7 heteroatoms. The highest BCUT2D eigenvalue weighted by Crippen LogP contribution is 2.22. The molecule has 0 bridgehead atoms. The van der Waals surface area contributed by atoms with Gasteiger partial charge in [-0.2, -0.15) is 0 Å². The number of anilines is 2. The van der Waals surface area contributed by atoms with Crippen molar-refractivity contribution in [2.75, 3.05) is 49.1 Å². The Hall–Kier alpha value is -2.34. The fourth-order valence-corrected chi connectivity index (χ4v) is 4.08. The summed E-state index contributed by atoms with van der Waals surface area (Å²) >= 11 is 6.11. The first-order chi connectivity index (χ1) is 13.6. The SMILES string of the molecule is Cc1cc(C(=O)N2CCN(c3cccc(Cl)c3)CC2)nc(N2CCCCC2)n1. The van der Waals surface area contributed by atoms with Gasteiger partial charge < -0.3 is 14.7 Å². The third-order valence-corrected chi connectivity index (χ3v) is 5.68. The molecule has 0 N–H and O–H groups in total. The van der Waals surface area contributed by atoms with Crippen LogP contribution in [0.25, 0.3) is 0 Å². The summed E-state index contributed by atoms with van der Waals surface area (Å²) in [5.41, 5.74) is 2.45. The molecular weight excluding hydrogens is 374 g/mol. The Kier molecular flexibility index (Phi) is 5.67. The number of amides is 1. The molecule has 2 aromatic rings. The molecule has 1 aromatic heterocycles. The third kappa shape index (κ3) is 4.22. The molecule has 0 saturated carbocycles. The molecule has 4 rings (SSSR count). The number of piperazine rings is 1. The van der Waals surface area contributed by atoms with E-state index >= 15 is 0 Å². The number of aryl methyl sites for hydroxylation is 1. The van der Waals surface area contributed by atoms with Gasteiger partial charge in [0.15, 0.2) is 0 Å². The average molecular weight is 400 g/mol. The molecule has 2 saturated heterocycles. The summed E-state index contributed by atoms with van der Waals surface area (Å²) in [7, 11) is 0. The smallest absolute Gasteiger partial charge is 0.272 e. The number of halogens is 1. The summed E-state index contributed by atoms with van der Waals surface area (Å²) in [6.07, 6.45) is 3.57. The van der Waals surface area contributed by atoms with Gasteiger partial charge in [0.2, 0.25) is 5.95 Å². The van der Waals surface area contributed by atoms with E-state index in [1.54, 1.807) is 6.07 Å². The van der Waals surface area contributed by atoms with Crippen LogP contribution in [0.2, 0.25) is 5.02 Å². The molecule has 2 fully saturated rings. The lowest BCUT2D eigenvalue weighted by Crippen LogP contribution is -2.49. The Bertz CT molecular complexity index is 844. The lowest BCUT2D eigenvalue weighted by atomic mass is 10.1. The molecule has 3 heterocycles. The minimum atomic E-state index is -0.00509. The molecule has 1 aromatic carbocycles. The maximum atomic E-state index is 13.1. The summed E-state index contributed by atoms with van der Waals surface area (Å²) in [5, 5.41) is 0.734. The normalized spacial score (nSPS) is 17.7. The molecule has 28 heavy (non-hydrogen) atoms. The van der Waals surface area contributed by atoms with Crippen LogP contribution in [-0.2, 0) is 0 Å². The van der Waals surface area contributed by atoms with Crippen LogP contribution in [0, 0.1) is 6.92 Å². The Balaban J connectivity index is 1.44. The van der Waals surface area contributed by atoms with Gasteiger partial charge in [-0.15, -0.1) is 0 Å². The first-order valence-electron chi connectivity index (χ1n) is 10.0. The van der Waals surface area contributed by atoms with E-state index < -0.39 is 0 Å². The van der Waals surface area contributed by atoms with Crippen molar-refractivity contribution in [1.29, 1.82) is 0 Å². The Labute approximate surface area is 171 Å². The highest BCUT2D eigenvalue weighted by Gasteiger charge is 2.25. The zero-order valence-corrected chi connectivity index (χ0v) is 17.0. The van der Waals surface area contributed by atoms with Crippen molar-refractivity contribution in [3.05, 3.63) is 46.7 Å². The molecule has 0 aliphatic carbocycles. The van der Waals surface area contributed by atoms with Gasteiger partial charge in [0.05, 0.1) is 0 Å². The fraction of sp³-hybridized carbons (Fsp3) is 0.476. The van der Waals surface area contributed by atoms with Crippen molar-refractivity contribution in [2.24, 2.45) is 0 Å². The van der Waals surface area contributed by atoms with Gasteiger partial charge in [0.1, 0.15) is 5.69 Å². The van der Waals surface area contributed by atoms with Gasteiger partial charge in [-0.05, 0) is 50.5 Å². The van der Waals surface area contributed by atoms with Crippen molar-refractivity contribution in [3.63, 3.8) is 0 Å². The summed E-state index contributed by atoms with van der Waals surface area (Å²) in [6, 6.07) is 9.67. The summed E-state index contributed by atoms with van der Waals surface area (Å²) in [4.78, 5) is 28.6. The molecule has 0 radical (unpaired) electrons. The number of carbonyl (C=O) groups excluding carboxylic acids is 1. The number of benzene rings is 1. The summed E-state index contributed by atoms with van der Waals surface area (Å²) in [6.45, 7) is 6.79. The third-order valence-electron chi connectivity index (χ3n) is 5.44. The number of rotatable bonds is 3. The van der Waals surface area contributed by atoms with Gasteiger partial charge in [-0.25, -0.2) is 9.97 Å². The molecule has 6 nitrogen and oxygen atoms in total. The second-order valence-corrected chi connectivity index (χ2v) is 7.94. The standard InChI is InChI=1S/C21H26ClN5O/c1-16-14-19(24-21(23-16)27-8-3-2-4-9-27)20(28)26-12-10-25(11-13-26)18-7-5-6-17(22)15-18/h5-7,14-15H,2-4,8-13H2,1H3. The van der Waals surface area contributed by atoms with Crippen LogP contribution in [0.15, 0.2) is 30.3 Å². The molecular formula is C21H26ClN5O. The monoisotopic (exact) mass is 399 g/mol. The number of nitrogens with zero attached hydrogens (tertiary/aromatic N) is 5. The molecule has 1 amide bonds. The minimum Gasteiger partial charge on any atom is -0.368 e. The van der Waals surface area contributed by atoms with Crippen molar-refractivity contribution in [1.82, 2.24) is 14.9 Å². The predicted molar refractivity (Wildman–Crippen MR) is 112 cm³/mol. The van der Waals surface area contributed by atoms with E-state index in [2.05, 4.69) is 25.8 Å². The number of piperidine rings is 1. The van der Waals surface area contributed by atoms with Crippen molar-refractivity contribution < 1.29 is 4.79 Å².